The Morgan fingerprint density at radius 3 is 2.37 bits per heavy atom. The molecule has 0 spiro atoms. The molecule has 2 aromatic rings. The van der Waals surface area contributed by atoms with Gasteiger partial charge >= 0.3 is 5.97 Å². The van der Waals surface area contributed by atoms with Gasteiger partial charge in [0.1, 0.15) is 30.2 Å². The lowest BCUT2D eigenvalue weighted by atomic mass is 10.0. The van der Waals surface area contributed by atoms with Crippen LogP contribution >= 0.6 is 21.6 Å². The Hall–Kier alpha value is -5.51. The molecule has 57 heavy (non-hydrogen) atoms. The predicted molar refractivity (Wildman–Crippen MR) is 213 cm³/mol. The number of hydrogen-bond donors (Lipinski definition) is 10. The minimum absolute atomic E-state index is 0.0195. The third-order valence-corrected chi connectivity index (χ3v) is 11.7. The summed E-state index contributed by atoms with van der Waals surface area (Å²) in [6, 6.07) is 1.07. The fraction of sp³-hybridized carbons (Fsp3) is 0.514. The van der Waals surface area contributed by atoms with E-state index in [1.807, 2.05) is 18.2 Å². The molecule has 20 nitrogen and oxygen atoms in total. The molecule has 2 saturated heterocycles. The number of aliphatic carboxylic acids is 1. The standard InChI is InChI=1S/C35H49N11O9S2/c36-30(51)25-18-57-56-13-10-27(47)42-22(8-3-4-11-39-35(37)38)31(52)41-17-28(48)43-23(15-29(49)50)32(53)44-24(14-19-16-40-21-7-2-1-6-20(19)21)34(55)46-12-5-9-26(46)33(54)45-25/h1-2,6-7,16,22-26,40H,3-5,8-15,17-18H2,(H2,36,51)(H,41,52)(H,42,47)(H,43,48)(H,44,53)(H,45,54)(H,49,50)(H4,37,38,39)/t22-,23-,24-,25-,26?/m0/s1. The number of H-pyrrole nitrogens is 1. The molecule has 1 aromatic heterocycles. The number of nitrogens with one attached hydrogen (secondary N) is 6. The van der Waals surface area contributed by atoms with E-state index in [4.69, 9.17) is 17.2 Å². The maximum atomic E-state index is 14.3. The van der Waals surface area contributed by atoms with Crippen molar-refractivity contribution in [3.05, 3.63) is 36.0 Å². The lowest BCUT2D eigenvalue weighted by Gasteiger charge is -2.30. The third kappa shape index (κ3) is 13.6. The van der Waals surface area contributed by atoms with Crippen molar-refractivity contribution in [2.45, 2.75) is 81.6 Å². The molecule has 4 rings (SSSR count). The summed E-state index contributed by atoms with van der Waals surface area (Å²) in [5, 5.41) is 23.1. The number of hydrogen-bond acceptors (Lipinski definition) is 11. The number of nitrogens with two attached hydrogens (primary N) is 3. The molecule has 0 bridgehead atoms. The third-order valence-electron chi connectivity index (χ3n) is 9.24. The van der Waals surface area contributed by atoms with Crippen molar-refractivity contribution in [2.24, 2.45) is 22.2 Å². The number of amides is 7. The topological polar surface area (TPSA) is 326 Å². The van der Waals surface area contributed by atoms with Crippen LogP contribution in [0, 0.1) is 0 Å². The molecule has 22 heteroatoms. The van der Waals surface area contributed by atoms with Crippen LogP contribution in [-0.4, -0.2) is 130 Å². The van der Waals surface area contributed by atoms with Crippen LogP contribution in [0.1, 0.15) is 50.5 Å². The van der Waals surface area contributed by atoms with Crippen molar-refractivity contribution in [2.75, 3.05) is 31.1 Å². The van der Waals surface area contributed by atoms with Gasteiger partial charge in [0.2, 0.25) is 41.4 Å². The molecule has 7 amide bonds. The van der Waals surface area contributed by atoms with Gasteiger partial charge < -0.3 is 58.8 Å². The SMILES string of the molecule is NC(=O)[C@@H]1CSSCCC(=O)N[C@@H](CCCCN=C(N)N)C(=O)NCC(=O)N[C@@H](CC(=O)O)C(=O)N[C@@H](Cc2c[nH]c3ccccc23)C(=O)N2CCCC2C(=O)N1. The van der Waals surface area contributed by atoms with Gasteiger partial charge in [0, 0.05) is 54.5 Å². The van der Waals surface area contributed by atoms with Crippen LogP contribution in [0.25, 0.3) is 10.9 Å². The number of fused-ring (bicyclic) bond motifs is 2. The number of carboxylic acid groups (broad SMARTS) is 1. The lowest BCUT2D eigenvalue weighted by molar-refractivity contribution is -0.143. The van der Waals surface area contributed by atoms with Gasteiger partial charge in [-0.1, -0.05) is 39.8 Å². The Kier molecular flexibility index (Phi) is 16.8. The van der Waals surface area contributed by atoms with E-state index < -0.39 is 90.5 Å². The Labute approximate surface area is 335 Å². The number of aromatic nitrogens is 1. The van der Waals surface area contributed by atoms with Crippen LogP contribution in [0.5, 0.6) is 0 Å². The number of carbonyl (C=O) groups excluding carboxylic acids is 7. The van der Waals surface area contributed by atoms with Crippen molar-refractivity contribution in [1.82, 2.24) is 36.5 Å². The normalized spacial score (nSPS) is 23.6. The molecule has 1 unspecified atom stereocenters. The van der Waals surface area contributed by atoms with Gasteiger partial charge in [0.15, 0.2) is 5.96 Å². The summed E-state index contributed by atoms with van der Waals surface area (Å²) < 4.78 is 0. The minimum Gasteiger partial charge on any atom is -0.481 e. The number of unbranched alkanes of at least 4 members (excludes halogenated alkanes) is 1. The number of para-hydroxylation sites is 1. The molecule has 2 aliphatic rings. The highest BCUT2D eigenvalue weighted by Crippen LogP contribution is 2.25. The van der Waals surface area contributed by atoms with Crippen LogP contribution in [0.3, 0.4) is 0 Å². The maximum Gasteiger partial charge on any atom is 0.305 e. The van der Waals surface area contributed by atoms with Crippen LogP contribution in [0.15, 0.2) is 35.5 Å². The Morgan fingerprint density at radius 1 is 0.877 bits per heavy atom. The molecule has 5 atom stereocenters. The van der Waals surface area contributed by atoms with Crippen molar-refractivity contribution in [3.8, 4) is 0 Å². The smallest absolute Gasteiger partial charge is 0.305 e. The van der Waals surface area contributed by atoms with E-state index in [9.17, 15) is 43.5 Å². The first-order chi connectivity index (χ1) is 27.2. The molecule has 310 valence electrons. The van der Waals surface area contributed by atoms with Gasteiger partial charge in [-0.2, -0.15) is 0 Å². The molecule has 2 fully saturated rings. The molecule has 0 aliphatic carbocycles. The van der Waals surface area contributed by atoms with Crippen molar-refractivity contribution in [3.63, 3.8) is 0 Å². The maximum absolute atomic E-state index is 14.3. The Balaban J connectivity index is 1.61. The Morgan fingerprint density at radius 2 is 1.63 bits per heavy atom. The zero-order valence-corrected chi connectivity index (χ0v) is 32.8. The van der Waals surface area contributed by atoms with E-state index in [0.717, 1.165) is 10.9 Å². The van der Waals surface area contributed by atoms with Gasteiger partial charge in [0.05, 0.1) is 13.0 Å². The highest BCUT2D eigenvalue weighted by molar-refractivity contribution is 8.76. The van der Waals surface area contributed by atoms with Gasteiger partial charge in [-0.25, -0.2) is 0 Å². The molecular formula is C35H49N11O9S2. The first kappa shape index (κ1) is 44.2. The first-order valence-electron chi connectivity index (χ1n) is 18.4. The summed E-state index contributed by atoms with van der Waals surface area (Å²) in [5.41, 5.74) is 17.8. The molecule has 3 heterocycles. The summed E-state index contributed by atoms with van der Waals surface area (Å²) in [6.45, 7) is -0.233. The lowest BCUT2D eigenvalue weighted by Crippen LogP contribution is -2.59. The fourth-order valence-electron chi connectivity index (χ4n) is 6.39. The van der Waals surface area contributed by atoms with Crippen molar-refractivity contribution < 1.29 is 43.5 Å². The van der Waals surface area contributed by atoms with E-state index in [1.54, 1.807) is 12.3 Å². The van der Waals surface area contributed by atoms with Crippen LogP contribution in [0.2, 0.25) is 0 Å². The number of guanidine groups is 1. The predicted octanol–water partition coefficient (Wildman–Crippen LogP) is -2.05. The number of nitrogens with zero attached hydrogens (tertiary/aromatic N) is 2. The summed E-state index contributed by atoms with van der Waals surface area (Å²) in [6.07, 6.45) is 2.48. The van der Waals surface area contributed by atoms with Crippen LogP contribution in [0.4, 0.5) is 0 Å². The van der Waals surface area contributed by atoms with E-state index in [1.165, 1.54) is 26.5 Å². The molecule has 0 saturated carbocycles. The quantitative estimate of drug-likeness (QED) is 0.0534. The number of carbonyl (C=O) groups is 8. The number of aromatic amines is 1. The second-order valence-electron chi connectivity index (χ2n) is 13.5. The van der Waals surface area contributed by atoms with Gasteiger partial charge in [-0.3, -0.25) is 43.3 Å². The minimum atomic E-state index is -1.68. The van der Waals surface area contributed by atoms with E-state index in [2.05, 4.69) is 36.6 Å². The van der Waals surface area contributed by atoms with Gasteiger partial charge in [-0.05, 0) is 43.7 Å². The van der Waals surface area contributed by atoms with E-state index in [0.29, 0.717) is 24.8 Å². The monoisotopic (exact) mass is 831 g/mol. The van der Waals surface area contributed by atoms with Crippen LogP contribution in [-0.2, 0) is 44.8 Å². The van der Waals surface area contributed by atoms with Crippen molar-refractivity contribution in [1.29, 1.82) is 0 Å². The number of primary amides is 1. The number of carboxylic acids is 1. The first-order valence-corrected chi connectivity index (χ1v) is 20.9. The molecule has 13 N–H and O–H groups in total. The average molecular weight is 832 g/mol. The van der Waals surface area contributed by atoms with E-state index in [-0.39, 0.29) is 56.2 Å². The van der Waals surface area contributed by atoms with Crippen LogP contribution < -0.4 is 43.8 Å². The number of rotatable bonds is 10. The largest absolute Gasteiger partial charge is 0.481 e. The fourth-order valence-corrected chi connectivity index (χ4v) is 8.56. The van der Waals surface area contributed by atoms with Gasteiger partial charge in [0.25, 0.3) is 0 Å². The summed E-state index contributed by atoms with van der Waals surface area (Å²) in [7, 11) is 2.45. The average Bonchev–Trinajstić information content (AvgIpc) is 3.82. The number of aliphatic imine (C=N–C) groups is 1. The molecule has 2 aliphatic heterocycles. The second kappa shape index (κ2) is 21.7. The molecule has 1 aromatic carbocycles. The van der Waals surface area contributed by atoms with E-state index >= 15 is 0 Å². The summed E-state index contributed by atoms with van der Waals surface area (Å²) >= 11 is 0. The zero-order valence-electron chi connectivity index (χ0n) is 31.1. The molecule has 0 radical (unpaired) electrons. The van der Waals surface area contributed by atoms with Gasteiger partial charge in [-0.15, -0.1) is 0 Å². The van der Waals surface area contributed by atoms with Crippen molar-refractivity contribution >= 4 is 85.8 Å². The highest BCUT2D eigenvalue weighted by Gasteiger charge is 2.40. The zero-order chi connectivity index (χ0) is 41.5. The Bertz CT molecular complexity index is 1840. The molecular weight excluding hydrogens is 783 g/mol. The highest BCUT2D eigenvalue weighted by atomic mass is 33.1. The summed E-state index contributed by atoms with van der Waals surface area (Å²) in [5.74, 6) is -6.35. The number of benzene rings is 1. The second-order valence-corrected chi connectivity index (χ2v) is 16.1. The summed E-state index contributed by atoms with van der Waals surface area (Å²) in [4.78, 5) is 114.